The van der Waals surface area contributed by atoms with Crippen molar-refractivity contribution in [2.75, 3.05) is 0 Å². The first-order chi connectivity index (χ1) is 3.80. The van der Waals surface area contributed by atoms with Crippen molar-refractivity contribution in [2.24, 2.45) is 0 Å². The van der Waals surface area contributed by atoms with E-state index in [9.17, 15) is 0 Å². The Labute approximate surface area is 77.2 Å². The van der Waals surface area contributed by atoms with Gasteiger partial charge >= 0.3 is 26.2 Å². The quantitative estimate of drug-likeness (QED) is 0.527. The molecule has 1 N–H and O–H groups in total. The van der Waals surface area contributed by atoms with Gasteiger partial charge in [-0.25, -0.2) is 0 Å². The number of rotatable bonds is 0. The Hall–Kier alpha value is 0.0531. The number of nitrogens with zero attached hydrogens (tertiary/aromatic N) is 1. The van der Waals surface area contributed by atoms with Gasteiger partial charge in [0.05, 0.1) is 0 Å². The molecule has 1 aromatic heterocycles. The predicted molar refractivity (Wildman–Crippen MR) is 32.5 cm³/mol. The van der Waals surface area contributed by atoms with Crippen LogP contribution in [0.2, 0.25) is 0 Å². The van der Waals surface area contributed by atoms with Crippen molar-refractivity contribution in [2.45, 2.75) is 0 Å². The van der Waals surface area contributed by atoms with Crippen LogP contribution in [0.5, 0.6) is 0 Å². The zero-order valence-electron chi connectivity index (χ0n) is 4.61. The molecule has 0 aromatic carbocycles. The number of hydrogen-bond acceptors (Lipinski definition) is 2. The van der Waals surface area contributed by atoms with E-state index in [0.717, 1.165) is 4.73 Å². The molecule has 0 aliphatic rings. The summed E-state index contributed by atoms with van der Waals surface area (Å²) in [4.78, 5) is 0. The maximum Gasteiger partial charge on any atom is 2.00 e. The molecular formula is C5H5NOSZr+2. The minimum atomic E-state index is 0. The summed E-state index contributed by atoms with van der Waals surface area (Å²) in [5.41, 5.74) is 0. The first-order valence-corrected chi connectivity index (χ1v) is 2.58. The van der Waals surface area contributed by atoms with Gasteiger partial charge in [-0.3, -0.25) is 0 Å². The fraction of sp³-hybridized carbons (Fsp3) is 0. The minimum absolute atomic E-state index is 0. The molecule has 0 atom stereocenters. The molecule has 1 heterocycles. The van der Waals surface area contributed by atoms with Crippen LogP contribution in [0.15, 0.2) is 24.4 Å². The average Bonchev–Trinajstić information content (AvgIpc) is 1.77. The fourth-order valence-electron chi connectivity index (χ4n) is 0.419. The molecule has 0 fully saturated rings. The third-order valence-electron chi connectivity index (χ3n) is 0.803. The Morgan fingerprint density at radius 3 is 2.44 bits per heavy atom. The van der Waals surface area contributed by atoms with Gasteiger partial charge in [-0.2, -0.15) is 4.73 Å². The van der Waals surface area contributed by atoms with Gasteiger partial charge in [0, 0.05) is 6.20 Å². The second-order valence-corrected chi connectivity index (χ2v) is 1.80. The van der Waals surface area contributed by atoms with Gasteiger partial charge in [0.1, 0.15) is 4.64 Å². The van der Waals surface area contributed by atoms with Crippen molar-refractivity contribution in [3.8, 4) is 0 Å². The topological polar surface area (TPSA) is 25.2 Å². The number of hydrogen-bond donors (Lipinski definition) is 1. The standard InChI is InChI=1S/C5H5NOS.Zr/c7-6-4-2-1-3-5(6)8;/h1-4,7H;/q;+2. The summed E-state index contributed by atoms with van der Waals surface area (Å²) in [5, 5.41) is 8.73. The van der Waals surface area contributed by atoms with E-state index in [2.05, 4.69) is 12.2 Å². The van der Waals surface area contributed by atoms with Crippen LogP contribution in [0, 0.1) is 4.64 Å². The molecule has 0 saturated heterocycles. The summed E-state index contributed by atoms with van der Waals surface area (Å²) in [6.07, 6.45) is 1.49. The van der Waals surface area contributed by atoms with E-state index in [1.807, 2.05) is 0 Å². The molecule has 2 nitrogen and oxygen atoms in total. The summed E-state index contributed by atoms with van der Waals surface area (Å²) in [7, 11) is 0. The molecule has 0 unspecified atom stereocenters. The average molecular weight is 218 g/mol. The third-order valence-corrected chi connectivity index (χ3v) is 1.13. The molecule has 44 valence electrons. The van der Waals surface area contributed by atoms with Crippen LogP contribution in [0.4, 0.5) is 0 Å². The Balaban J connectivity index is 0.000000640. The van der Waals surface area contributed by atoms with Crippen molar-refractivity contribution in [3.05, 3.63) is 29.0 Å². The Kier molecular flexibility index (Phi) is 3.99. The molecule has 0 aliphatic heterocycles. The van der Waals surface area contributed by atoms with E-state index in [1.165, 1.54) is 6.20 Å². The van der Waals surface area contributed by atoms with Gasteiger partial charge in [0.15, 0.2) is 0 Å². The zero-order valence-corrected chi connectivity index (χ0v) is 7.89. The molecule has 1 aromatic rings. The maximum atomic E-state index is 8.73. The molecule has 0 bridgehead atoms. The Bertz CT molecular complexity index is 234. The molecule has 0 aliphatic carbocycles. The van der Waals surface area contributed by atoms with Crippen molar-refractivity contribution in [1.82, 2.24) is 4.73 Å². The Morgan fingerprint density at radius 1 is 1.44 bits per heavy atom. The van der Waals surface area contributed by atoms with Crippen LogP contribution >= 0.6 is 12.2 Å². The first kappa shape index (κ1) is 9.05. The van der Waals surface area contributed by atoms with Crippen LogP contribution in [-0.2, 0) is 26.2 Å². The SMILES string of the molecule is On1ccccc1=S.[Zr+2]. The monoisotopic (exact) mass is 217 g/mol. The summed E-state index contributed by atoms with van der Waals surface area (Å²) in [6.45, 7) is 0. The minimum Gasteiger partial charge on any atom is -0.428 e. The van der Waals surface area contributed by atoms with Crippen LogP contribution in [0.3, 0.4) is 0 Å². The molecule has 0 spiro atoms. The van der Waals surface area contributed by atoms with E-state index in [4.69, 9.17) is 5.21 Å². The summed E-state index contributed by atoms with van der Waals surface area (Å²) in [6, 6.07) is 5.13. The van der Waals surface area contributed by atoms with E-state index in [1.54, 1.807) is 18.2 Å². The van der Waals surface area contributed by atoms with Gasteiger partial charge in [0.2, 0.25) is 0 Å². The fourth-order valence-corrected chi connectivity index (χ4v) is 0.558. The molecule has 1 rings (SSSR count). The summed E-state index contributed by atoms with van der Waals surface area (Å²) < 4.78 is 1.32. The molecule has 0 saturated carbocycles. The molecular weight excluding hydrogens is 213 g/mol. The van der Waals surface area contributed by atoms with Crippen molar-refractivity contribution in [1.29, 1.82) is 0 Å². The van der Waals surface area contributed by atoms with Crippen LogP contribution in [0.25, 0.3) is 0 Å². The van der Waals surface area contributed by atoms with Crippen molar-refractivity contribution in [3.63, 3.8) is 0 Å². The van der Waals surface area contributed by atoms with Crippen molar-refractivity contribution >= 4 is 12.2 Å². The smallest absolute Gasteiger partial charge is 0.428 e. The van der Waals surface area contributed by atoms with Crippen LogP contribution in [-0.4, -0.2) is 9.94 Å². The van der Waals surface area contributed by atoms with E-state index >= 15 is 0 Å². The molecule has 0 radical (unpaired) electrons. The third kappa shape index (κ3) is 2.42. The van der Waals surface area contributed by atoms with E-state index in [-0.39, 0.29) is 26.2 Å². The Morgan fingerprint density at radius 2 is 2.11 bits per heavy atom. The van der Waals surface area contributed by atoms with Gasteiger partial charge in [-0.15, -0.1) is 0 Å². The first-order valence-electron chi connectivity index (χ1n) is 2.17. The van der Waals surface area contributed by atoms with Gasteiger partial charge in [-0.05, 0) is 12.1 Å². The van der Waals surface area contributed by atoms with Crippen LogP contribution in [0.1, 0.15) is 0 Å². The van der Waals surface area contributed by atoms with E-state index in [0.29, 0.717) is 4.64 Å². The zero-order chi connectivity index (χ0) is 5.98. The summed E-state index contributed by atoms with van der Waals surface area (Å²) in [5.74, 6) is 0. The second-order valence-electron chi connectivity index (χ2n) is 1.38. The molecule has 4 heteroatoms. The van der Waals surface area contributed by atoms with Gasteiger partial charge in [0.25, 0.3) is 0 Å². The predicted octanol–water partition coefficient (Wildman–Crippen LogP) is 1.45. The maximum absolute atomic E-state index is 8.73. The number of aromatic nitrogens is 1. The largest absolute Gasteiger partial charge is 2.00 e. The van der Waals surface area contributed by atoms with Gasteiger partial charge in [-0.1, -0.05) is 18.3 Å². The molecule has 9 heavy (non-hydrogen) atoms. The van der Waals surface area contributed by atoms with Crippen LogP contribution < -0.4 is 0 Å². The van der Waals surface area contributed by atoms with E-state index < -0.39 is 0 Å². The number of pyridine rings is 1. The van der Waals surface area contributed by atoms with Gasteiger partial charge < -0.3 is 5.21 Å². The second kappa shape index (κ2) is 3.96. The molecule has 0 amide bonds. The summed E-state index contributed by atoms with van der Waals surface area (Å²) >= 11 is 4.67. The normalized spacial score (nSPS) is 8.00. The van der Waals surface area contributed by atoms with Crippen molar-refractivity contribution < 1.29 is 31.4 Å².